The van der Waals surface area contributed by atoms with Crippen LogP contribution in [0.5, 0.6) is 0 Å². The van der Waals surface area contributed by atoms with Crippen molar-refractivity contribution in [3.8, 4) is 0 Å². The van der Waals surface area contributed by atoms with E-state index >= 15 is 0 Å². The minimum Gasteiger partial charge on any atom is -0.361 e. The fraction of sp³-hybridized carbons (Fsp3) is 0.400. The molecule has 1 rings (SSSR count). The quantitative estimate of drug-likeness (QED) is 0.634. The van der Waals surface area contributed by atoms with Gasteiger partial charge in [-0.3, -0.25) is 0 Å². The van der Waals surface area contributed by atoms with Gasteiger partial charge in [0.1, 0.15) is 6.73 Å². The Hall–Kier alpha value is -1.02. The second kappa shape index (κ2) is 4.78. The van der Waals surface area contributed by atoms with Crippen LogP contribution in [0.4, 0.5) is 5.69 Å². The first kappa shape index (κ1) is 9.07. The smallest absolute Gasteiger partial charge is 0.118 e. The number of benzene rings is 1. The third-order valence-corrected chi connectivity index (χ3v) is 1.69. The third-order valence-electron chi connectivity index (χ3n) is 1.69. The average Bonchev–Trinajstić information content (AvgIpc) is 2.15. The largest absolute Gasteiger partial charge is 0.361 e. The lowest BCUT2D eigenvalue weighted by molar-refractivity contribution is 0.151. The maximum absolute atomic E-state index is 5.28. The number of anilines is 1. The molecule has 2 heteroatoms. The molecule has 2 nitrogen and oxygen atoms in total. The molecule has 1 aromatic rings. The van der Waals surface area contributed by atoms with Crippen LogP contribution in [0.15, 0.2) is 30.3 Å². The summed E-state index contributed by atoms with van der Waals surface area (Å²) in [6, 6.07) is 10.2. The summed E-state index contributed by atoms with van der Waals surface area (Å²) in [5.41, 5.74) is 1.19. The second-order valence-corrected chi connectivity index (χ2v) is 2.66. The van der Waals surface area contributed by atoms with Crippen molar-refractivity contribution in [2.45, 2.75) is 6.92 Å². The predicted molar refractivity (Wildman–Crippen MR) is 51.3 cm³/mol. The Labute approximate surface area is 73.8 Å². The zero-order chi connectivity index (χ0) is 8.81. The van der Waals surface area contributed by atoms with Crippen LogP contribution in [-0.4, -0.2) is 20.4 Å². The monoisotopic (exact) mass is 165 g/mol. The van der Waals surface area contributed by atoms with Crippen LogP contribution >= 0.6 is 0 Å². The number of rotatable bonds is 4. The van der Waals surface area contributed by atoms with Gasteiger partial charge in [0.15, 0.2) is 0 Å². The average molecular weight is 165 g/mol. The van der Waals surface area contributed by atoms with E-state index < -0.39 is 0 Å². The highest BCUT2D eigenvalue weighted by molar-refractivity contribution is 5.44. The first-order valence-corrected chi connectivity index (χ1v) is 4.18. The standard InChI is InChI=1S/C10H15NO/c1-3-12-9-11(2)10-7-5-4-6-8-10/h4-8H,3,9H2,1-2H3. The number of hydrogen-bond donors (Lipinski definition) is 0. The summed E-state index contributed by atoms with van der Waals surface area (Å²) in [4.78, 5) is 2.07. The maximum Gasteiger partial charge on any atom is 0.118 e. The summed E-state index contributed by atoms with van der Waals surface area (Å²) >= 11 is 0. The van der Waals surface area contributed by atoms with Gasteiger partial charge < -0.3 is 9.64 Å². The highest BCUT2D eigenvalue weighted by Gasteiger charge is 1.96. The summed E-state index contributed by atoms with van der Waals surface area (Å²) in [5.74, 6) is 0. The fourth-order valence-electron chi connectivity index (χ4n) is 0.985. The van der Waals surface area contributed by atoms with Gasteiger partial charge in [-0.2, -0.15) is 0 Å². The van der Waals surface area contributed by atoms with Crippen LogP contribution in [0.25, 0.3) is 0 Å². The van der Waals surface area contributed by atoms with Crippen molar-refractivity contribution in [1.29, 1.82) is 0 Å². The van der Waals surface area contributed by atoms with Crippen LogP contribution in [0.1, 0.15) is 6.92 Å². The van der Waals surface area contributed by atoms with E-state index in [1.54, 1.807) is 0 Å². The van der Waals surface area contributed by atoms with Gasteiger partial charge in [0, 0.05) is 19.3 Å². The first-order valence-electron chi connectivity index (χ1n) is 4.18. The summed E-state index contributed by atoms with van der Waals surface area (Å²) in [6.07, 6.45) is 0. The fourth-order valence-corrected chi connectivity index (χ4v) is 0.985. The van der Waals surface area contributed by atoms with E-state index in [0.717, 1.165) is 6.61 Å². The Kier molecular flexibility index (Phi) is 3.61. The lowest BCUT2D eigenvalue weighted by Crippen LogP contribution is -2.20. The molecule has 66 valence electrons. The number of para-hydroxylation sites is 1. The van der Waals surface area contributed by atoms with Crippen molar-refractivity contribution < 1.29 is 4.74 Å². The molecule has 0 aromatic heterocycles. The van der Waals surface area contributed by atoms with Crippen LogP contribution in [-0.2, 0) is 4.74 Å². The molecule has 0 atom stereocenters. The molecule has 0 heterocycles. The third kappa shape index (κ3) is 2.55. The minimum absolute atomic E-state index is 0.653. The highest BCUT2D eigenvalue weighted by Crippen LogP contribution is 2.09. The van der Waals surface area contributed by atoms with E-state index in [2.05, 4.69) is 17.0 Å². The number of hydrogen-bond acceptors (Lipinski definition) is 2. The molecular formula is C10H15NO. The lowest BCUT2D eigenvalue weighted by Gasteiger charge is -2.18. The Morgan fingerprint density at radius 3 is 2.50 bits per heavy atom. The van der Waals surface area contributed by atoms with Crippen LogP contribution < -0.4 is 4.90 Å². The van der Waals surface area contributed by atoms with Crippen molar-refractivity contribution in [2.75, 3.05) is 25.3 Å². The second-order valence-electron chi connectivity index (χ2n) is 2.66. The summed E-state index contributed by atoms with van der Waals surface area (Å²) in [5, 5.41) is 0. The van der Waals surface area contributed by atoms with Gasteiger partial charge in [0.2, 0.25) is 0 Å². The molecule has 0 saturated carbocycles. The van der Waals surface area contributed by atoms with Crippen LogP contribution in [0, 0.1) is 0 Å². The van der Waals surface area contributed by atoms with Gasteiger partial charge >= 0.3 is 0 Å². The van der Waals surface area contributed by atoms with Gasteiger partial charge in [-0.15, -0.1) is 0 Å². The van der Waals surface area contributed by atoms with Gasteiger partial charge in [-0.1, -0.05) is 18.2 Å². The molecule has 0 unspecified atom stereocenters. The maximum atomic E-state index is 5.28. The summed E-state index contributed by atoms with van der Waals surface area (Å²) in [7, 11) is 2.02. The van der Waals surface area contributed by atoms with Crippen LogP contribution in [0.3, 0.4) is 0 Å². The van der Waals surface area contributed by atoms with E-state index in [-0.39, 0.29) is 0 Å². The number of ether oxygens (including phenoxy) is 1. The predicted octanol–water partition coefficient (Wildman–Crippen LogP) is 2.12. The Morgan fingerprint density at radius 1 is 1.25 bits per heavy atom. The molecular weight excluding hydrogens is 150 g/mol. The van der Waals surface area contributed by atoms with Gasteiger partial charge in [0.05, 0.1) is 0 Å². The number of nitrogens with zero attached hydrogens (tertiary/aromatic N) is 1. The zero-order valence-corrected chi connectivity index (χ0v) is 7.66. The molecule has 0 aliphatic carbocycles. The molecule has 0 N–H and O–H groups in total. The molecule has 0 amide bonds. The van der Waals surface area contributed by atoms with E-state index in [1.165, 1.54) is 5.69 Å². The van der Waals surface area contributed by atoms with Crippen molar-refractivity contribution in [1.82, 2.24) is 0 Å². The molecule has 1 aromatic carbocycles. The lowest BCUT2D eigenvalue weighted by atomic mass is 10.3. The Bertz CT molecular complexity index is 210. The topological polar surface area (TPSA) is 12.5 Å². The molecule has 0 saturated heterocycles. The molecule has 0 bridgehead atoms. The van der Waals surface area contributed by atoms with E-state index in [0.29, 0.717) is 6.73 Å². The first-order chi connectivity index (χ1) is 5.84. The molecule has 0 aliphatic heterocycles. The van der Waals surface area contributed by atoms with Crippen molar-refractivity contribution in [3.05, 3.63) is 30.3 Å². The molecule has 12 heavy (non-hydrogen) atoms. The molecule has 0 radical (unpaired) electrons. The molecule has 0 spiro atoms. The Morgan fingerprint density at radius 2 is 1.92 bits per heavy atom. The van der Waals surface area contributed by atoms with Crippen molar-refractivity contribution in [2.24, 2.45) is 0 Å². The molecule has 0 aliphatic rings. The zero-order valence-electron chi connectivity index (χ0n) is 7.66. The summed E-state index contributed by atoms with van der Waals surface area (Å²) in [6.45, 7) is 3.41. The molecule has 0 fully saturated rings. The van der Waals surface area contributed by atoms with E-state index in [1.807, 2.05) is 32.2 Å². The van der Waals surface area contributed by atoms with Gasteiger partial charge in [-0.25, -0.2) is 0 Å². The van der Waals surface area contributed by atoms with Crippen molar-refractivity contribution in [3.63, 3.8) is 0 Å². The van der Waals surface area contributed by atoms with Crippen LogP contribution in [0.2, 0.25) is 0 Å². The SMILES string of the molecule is CCOCN(C)c1ccccc1. The van der Waals surface area contributed by atoms with Gasteiger partial charge in [0.25, 0.3) is 0 Å². The Balaban J connectivity index is 2.48. The van der Waals surface area contributed by atoms with E-state index in [9.17, 15) is 0 Å². The van der Waals surface area contributed by atoms with Crippen molar-refractivity contribution >= 4 is 5.69 Å². The normalized spacial score (nSPS) is 9.83. The van der Waals surface area contributed by atoms with E-state index in [4.69, 9.17) is 4.74 Å². The highest BCUT2D eigenvalue weighted by atomic mass is 16.5. The minimum atomic E-state index is 0.653. The van der Waals surface area contributed by atoms with Gasteiger partial charge in [-0.05, 0) is 19.1 Å². The summed E-state index contributed by atoms with van der Waals surface area (Å²) < 4.78 is 5.28.